The predicted octanol–water partition coefficient (Wildman–Crippen LogP) is 6.97. The number of nitrogens with two attached hydrogens (primary N) is 1. The smallest absolute Gasteiger partial charge is 0.164 e. The maximum atomic E-state index is 6.09. The van der Waals surface area contributed by atoms with Gasteiger partial charge >= 0.3 is 0 Å². The highest BCUT2D eigenvalue weighted by molar-refractivity contribution is 6.37. The summed E-state index contributed by atoms with van der Waals surface area (Å²) < 4.78 is 5.72. The highest BCUT2D eigenvalue weighted by atomic mass is 35.5. The normalized spacial score (nSPS) is 9.42. The summed E-state index contributed by atoms with van der Waals surface area (Å²) in [5.74, 6) is 0.942. The lowest BCUT2D eigenvalue weighted by atomic mass is 10.2. The van der Waals surface area contributed by atoms with E-state index in [1.165, 1.54) is 0 Å². The van der Waals surface area contributed by atoms with Crippen molar-refractivity contribution in [2.75, 3.05) is 5.73 Å². The molecule has 1 heterocycles. The maximum Gasteiger partial charge on any atom is 0.164 e. The van der Waals surface area contributed by atoms with E-state index < -0.39 is 0 Å². The highest BCUT2D eigenvalue weighted by Gasteiger charge is 2.10. The Kier molecular flexibility index (Phi) is 8.37. The number of nitrogens with zero attached hydrogens (tertiary/aromatic N) is 1. The van der Waals surface area contributed by atoms with Crippen molar-refractivity contribution < 1.29 is 4.74 Å². The zero-order valence-electron chi connectivity index (χ0n) is 14.3. The van der Waals surface area contributed by atoms with Crippen LogP contribution in [-0.4, -0.2) is 4.98 Å². The molecule has 1 aromatic heterocycles. The number of aromatic nitrogens is 1. The van der Waals surface area contributed by atoms with E-state index in [0.29, 0.717) is 27.2 Å². The number of para-hydroxylation sites is 1. The van der Waals surface area contributed by atoms with Gasteiger partial charge in [0, 0.05) is 11.1 Å². The number of hydrogen-bond donors (Lipinski definition) is 1. The third-order valence-electron chi connectivity index (χ3n) is 2.81. The second-order valence-electron chi connectivity index (χ2n) is 4.28. The molecule has 3 rings (SSSR count). The van der Waals surface area contributed by atoms with Crippen molar-refractivity contribution in [2.45, 2.75) is 27.7 Å². The molecule has 0 unspecified atom stereocenters. The summed E-state index contributed by atoms with van der Waals surface area (Å²) in [6.07, 6.45) is 1.63. The van der Waals surface area contributed by atoms with Gasteiger partial charge in [0.2, 0.25) is 0 Å². The average Bonchev–Trinajstić information content (AvgIpc) is 2.61. The zero-order valence-corrected chi connectivity index (χ0v) is 15.8. The molecule has 128 valence electrons. The van der Waals surface area contributed by atoms with Crippen molar-refractivity contribution in [3.8, 4) is 11.5 Å². The molecule has 0 fully saturated rings. The monoisotopic (exact) mass is 364 g/mol. The predicted molar refractivity (Wildman–Crippen MR) is 105 cm³/mol. The Morgan fingerprint density at radius 1 is 0.917 bits per heavy atom. The summed E-state index contributed by atoms with van der Waals surface area (Å²) in [4.78, 5) is 4.32. The van der Waals surface area contributed by atoms with Crippen LogP contribution >= 0.6 is 23.2 Å². The second kappa shape index (κ2) is 10.0. The van der Waals surface area contributed by atoms with Gasteiger partial charge in [-0.15, -0.1) is 0 Å². The van der Waals surface area contributed by atoms with Gasteiger partial charge in [0.05, 0.1) is 21.8 Å². The number of rotatable bonds is 2. The van der Waals surface area contributed by atoms with Crippen molar-refractivity contribution in [3.05, 3.63) is 58.7 Å². The van der Waals surface area contributed by atoms with Crippen LogP contribution in [0.3, 0.4) is 0 Å². The summed E-state index contributed by atoms with van der Waals surface area (Å²) in [6.45, 7) is 8.00. The first kappa shape index (κ1) is 20.1. The quantitative estimate of drug-likeness (QED) is 0.499. The lowest BCUT2D eigenvalue weighted by molar-refractivity contribution is 0.482. The maximum absolute atomic E-state index is 6.09. The second-order valence-corrected chi connectivity index (χ2v) is 5.09. The number of halogens is 2. The molecule has 0 aliphatic rings. The van der Waals surface area contributed by atoms with Gasteiger partial charge in [-0.1, -0.05) is 69.1 Å². The Labute approximate surface area is 153 Å². The summed E-state index contributed by atoms with van der Waals surface area (Å²) in [6, 6.07) is 12.8. The van der Waals surface area contributed by atoms with Crippen molar-refractivity contribution in [1.29, 1.82) is 0 Å². The van der Waals surface area contributed by atoms with Crippen LogP contribution in [0.4, 0.5) is 5.69 Å². The number of nitrogen functional groups attached to an aromatic ring is 1. The fourth-order valence-corrected chi connectivity index (χ4v) is 2.48. The molecule has 3 nitrogen and oxygen atoms in total. The van der Waals surface area contributed by atoms with Crippen LogP contribution in [0.1, 0.15) is 27.7 Å². The van der Waals surface area contributed by atoms with Crippen LogP contribution in [0.25, 0.3) is 10.9 Å². The Hall–Kier alpha value is -1.97. The largest absolute Gasteiger partial charge is 0.453 e. The van der Waals surface area contributed by atoms with E-state index in [9.17, 15) is 0 Å². The van der Waals surface area contributed by atoms with E-state index >= 15 is 0 Å². The van der Waals surface area contributed by atoms with Gasteiger partial charge in [-0.2, -0.15) is 0 Å². The first-order valence-corrected chi connectivity index (χ1v) is 8.66. The van der Waals surface area contributed by atoms with Crippen LogP contribution in [-0.2, 0) is 0 Å². The van der Waals surface area contributed by atoms with Crippen molar-refractivity contribution >= 4 is 39.8 Å². The van der Waals surface area contributed by atoms with Crippen molar-refractivity contribution in [3.63, 3.8) is 0 Å². The third-order valence-corrected chi connectivity index (χ3v) is 3.37. The molecule has 0 aliphatic heterocycles. The van der Waals surface area contributed by atoms with Gasteiger partial charge in [0.1, 0.15) is 5.75 Å². The molecule has 0 amide bonds. The van der Waals surface area contributed by atoms with Crippen LogP contribution in [0.5, 0.6) is 11.5 Å². The van der Waals surface area contributed by atoms with Gasteiger partial charge in [0.25, 0.3) is 0 Å². The summed E-state index contributed by atoms with van der Waals surface area (Å²) in [5.41, 5.74) is 7.05. The average molecular weight is 365 g/mol. The number of fused-ring (bicyclic) bond motifs is 1. The van der Waals surface area contributed by atoms with Crippen molar-refractivity contribution in [1.82, 2.24) is 4.98 Å². The van der Waals surface area contributed by atoms with Crippen LogP contribution in [0.15, 0.2) is 48.7 Å². The van der Waals surface area contributed by atoms with E-state index in [1.54, 1.807) is 18.3 Å². The minimum Gasteiger partial charge on any atom is -0.453 e. The van der Waals surface area contributed by atoms with Gasteiger partial charge in [-0.05, 0) is 24.3 Å². The molecule has 0 radical (unpaired) electrons. The fourth-order valence-electron chi connectivity index (χ4n) is 1.90. The van der Waals surface area contributed by atoms with E-state index in [-0.39, 0.29) is 0 Å². The lowest BCUT2D eigenvalue weighted by Crippen LogP contribution is -1.91. The molecule has 2 N–H and O–H groups in total. The van der Waals surface area contributed by atoms with E-state index in [0.717, 1.165) is 10.9 Å². The summed E-state index contributed by atoms with van der Waals surface area (Å²) in [7, 11) is 0. The number of ether oxygens (including phenoxy) is 1. The number of benzene rings is 2. The molecule has 0 bridgehead atoms. The van der Waals surface area contributed by atoms with Crippen molar-refractivity contribution in [2.24, 2.45) is 0 Å². The lowest BCUT2D eigenvalue weighted by Gasteiger charge is -2.10. The molecule has 2 aromatic carbocycles. The summed E-state index contributed by atoms with van der Waals surface area (Å²) >= 11 is 12.2. The zero-order chi connectivity index (χ0) is 18.1. The topological polar surface area (TPSA) is 48.1 Å². The van der Waals surface area contributed by atoms with Crippen LogP contribution < -0.4 is 10.5 Å². The van der Waals surface area contributed by atoms with Crippen LogP contribution in [0.2, 0.25) is 10.0 Å². The number of anilines is 1. The highest BCUT2D eigenvalue weighted by Crippen LogP contribution is 2.38. The molecule has 0 saturated carbocycles. The minimum atomic E-state index is 0.364. The number of hydrogen-bond acceptors (Lipinski definition) is 3. The molecule has 24 heavy (non-hydrogen) atoms. The third kappa shape index (κ3) is 5.02. The van der Waals surface area contributed by atoms with Crippen LogP contribution in [0, 0.1) is 0 Å². The van der Waals surface area contributed by atoms with E-state index in [2.05, 4.69) is 4.98 Å². The van der Waals surface area contributed by atoms with E-state index in [4.69, 9.17) is 33.7 Å². The molecular weight excluding hydrogens is 343 g/mol. The minimum absolute atomic E-state index is 0.364. The molecule has 0 aliphatic carbocycles. The standard InChI is InChI=1S/C15H10Cl2N2O.2C2H6/c16-12-6-10(18)7-13(17)15(12)20-11-5-9-3-1-2-4-14(9)19-8-11;2*1-2/h1-8H,18H2;2*1-2H3. The summed E-state index contributed by atoms with van der Waals surface area (Å²) in [5, 5.41) is 1.71. The molecule has 0 atom stereocenters. The Morgan fingerprint density at radius 3 is 2.12 bits per heavy atom. The fraction of sp³-hybridized carbons (Fsp3) is 0.211. The van der Waals surface area contributed by atoms with E-state index in [1.807, 2.05) is 58.0 Å². The molecule has 3 aromatic rings. The SMILES string of the molecule is CC.CC.Nc1cc(Cl)c(Oc2cnc3ccccc3c2)c(Cl)c1. The Balaban J connectivity index is 0.000000671. The molecular formula is C19H22Cl2N2O. The first-order valence-electron chi connectivity index (χ1n) is 7.90. The first-order chi connectivity index (χ1) is 11.6. The molecule has 5 heteroatoms. The van der Waals surface area contributed by atoms with Gasteiger partial charge in [-0.3, -0.25) is 4.98 Å². The molecule has 0 saturated heterocycles. The Bertz CT molecular complexity index is 768. The Morgan fingerprint density at radius 2 is 1.50 bits per heavy atom. The molecule has 0 spiro atoms. The number of pyridine rings is 1. The van der Waals surface area contributed by atoms with Gasteiger partial charge in [-0.25, -0.2) is 0 Å². The van der Waals surface area contributed by atoms with Gasteiger partial charge in [0.15, 0.2) is 5.75 Å². The van der Waals surface area contributed by atoms with Gasteiger partial charge < -0.3 is 10.5 Å².